The van der Waals surface area contributed by atoms with Crippen LogP contribution in [-0.4, -0.2) is 30.9 Å². The van der Waals surface area contributed by atoms with E-state index < -0.39 is 6.09 Å². The number of anilines is 1. The Labute approximate surface area is 200 Å². The molecule has 2 saturated carbocycles. The molecule has 1 aromatic rings. The van der Waals surface area contributed by atoms with E-state index in [9.17, 15) is 14.4 Å². The van der Waals surface area contributed by atoms with E-state index in [1.165, 1.54) is 0 Å². The summed E-state index contributed by atoms with van der Waals surface area (Å²) in [5, 5.41) is 2.85. The van der Waals surface area contributed by atoms with E-state index in [4.69, 9.17) is 9.47 Å². The van der Waals surface area contributed by atoms with Crippen LogP contribution in [0.15, 0.2) is 48.1 Å². The van der Waals surface area contributed by atoms with Crippen LogP contribution in [0.1, 0.15) is 46.0 Å². The van der Waals surface area contributed by atoms with Crippen molar-refractivity contribution in [2.24, 2.45) is 35.0 Å². The van der Waals surface area contributed by atoms with Crippen LogP contribution in [0, 0.1) is 35.0 Å². The van der Waals surface area contributed by atoms with Crippen LogP contribution in [0.2, 0.25) is 0 Å². The molecule has 0 heterocycles. The fourth-order valence-electron chi connectivity index (χ4n) is 7.52. The van der Waals surface area contributed by atoms with Crippen molar-refractivity contribution >= 4 is 23.3 Å². The highest BCUT2D eigenvalue weighted by Crippen LogP contribution is 2.63. The second-order valence-corrected chi connectivity index (χ2v) is 10.6. The number of Topliss-reactive ketones (excluding diaryl/α,β-unsaturated/α-hetero) is 1. The van der Waals surface area contributed by atoms with Crippen LogP contribution in [0.25, 0.3) is 0 Å². The number of nitrogens with one attached hydrogen (secondary N) is 1. The lowest BCUT2D eigenvalue weighted by molar-refractivity contribution is -0.131. The van der Waals surface area contributed by atoms with E-state index in [1.807, 2.05) is 12.1 Å². The summed E-state index contributed by atoms with van der Waals surface area (Å²) in [5.74, 6) is 1.84. The van der Waals surface area contributed by atoms with Crippen molar-refractivity contribution in [3.05, 3.63) is 48.1 Å². The van der Waals surface area contributed by atoms with Gasteiger partial charge in [-0.05, 0) is 79.6 Å². The normalized spacial score (nSPS) is 36.0. The zero-order valence-electron chi connectivity index (χ0n) is 20.1. The lowest BCUT2D eigenvalue weighted by Gasteiger charge is -2.54. The third-order valence-electron chi connectivity index (χ3n) is 8.91. The maximum Gasteiger partial charge on any atom is 0.412 e. The Balaban J connectivity index is 1.47. The first-order valence-corrected chi connectivity index (χ1v) is 12.4. The lowest BCUT2D eigenvalue weighted by Crippen LogP contribution is -2.54. The number of benzene rings is 1. The number of carbonyl (C=O) groups excluding carboxylic acids is 3. The van der Waals surface area contributed by atoms with Crippen molar-refractivity contribution in [2.45, 2.75) is 52.1 Å². The number of methoxy groups -OCH3 is 1. The van der Waals surface area contributed by atoms with Crippen LogP contribution >= 0.6 is 0 Å². The van der Waals surface area contributed by atoms with E-state index in [1.54, 1.807) is 32.2 Å². The minimum absolute atomic E-state index is 0.0138. The molecule has 1 amide bonds. The van der Waals surface area contributed by atoms with Crippen molar-refractivity contribution in [3.63, 3.8) is 0 Å². The minimum Gasteiger partial charge on any atom is -0.495 e. The average Bonchev–Trinajstić information content (AvgIpc) is 3.16. The number of para-hydroxylation sites is 2. The Morgan fingerprint density at radius 1 is 1.15 bits per heavy atom. The molecule has 0 spiro atoms. The van der Waals surface area contributed by atoms with Gasteiger partial charge in [0.1, 0.15) is 17.6 Å². The monoisotopic (exact) mass is 463 g/mol. The number of hydrogen-bond donors (Lipinski definition) is 1. The van der Waals surface area contributed by atoms with Gasteiger partial charge in [0.05, 0.1) is 12.8 Å². The van der Waals surface area contributed by atoms with Gasteiger partial charge in [-0.3, -0.25) is 14.9 Å². The lowest BCUT2D eigenvalue weighted by atomic mass is 9.51. The molecule has 6 heteroatoms. The highest BCUT2D eigenvalue weighted by atomic mass is 16.6. The maximum absolute atomic E-state index is 13.1. The van der Waals surface area contributed by atoms with Gasteiger partial charge in [-0.25, -0.2) is 4.79 Å². The molecular weight excluding hydrogens is 430 g/mol. The molecule has 4 aliphatic rings. The topological polar surface area (TPSA) is 81.7 Å². The fourth-order valence-corrected chi connectivity index (χ4v) is 7.52. The minimum atomic E-state index is -0.514. The maximum atomic E-state index is 13.1. The average molecular weight is 464 g/mol. The predicted octanol–water partition coefficient (Wildman–Crippen LogP) is 5.35. The van der Waals surface area contributed by atoms with Gasteiger partial charge < -0.3 is 9.47 Å². The molecule has 34 heavy (non-hydrogen) atoms. The first kappa shape index (κ1) is 22.9. The van der Waals surface area contributed by atoms with Gasteiger partial charge in [-0.1, -0.05) is 31.2 Å². The third kappa shape index (κ3) is 3.77. The summed E-state index contributed by atoms with van der Waals surface area (Å²) in [4.78, 5) is 37.8. The third-order valence-corrected chi connectivity index (χ3v) is 8.91. The zero-order valence-corrected chi connectivity index (χ0v) is 20.1. The van der Waals surface area contributed by atoms with Crippen molar-refractivity contribution in [1.29, 1.82) is 0 Å². The molecule has 0 bridgehead atoms. The number of amides is 1. The zero-order chi connectivity index (χ0) is 24.0. The Kier molecular flexibility index (Phi) is 5.86. The molecule has 4 aliphatic carbocycles. The molecular formula is C28H33NO5. The Bertz CT molecular complexity index is 1070. The van der Waals surface area contributed by atoms with Gasteiger partial charge in [-0.2, -0.15) is 0 Å². The van der Waals surface area contributed by atoms with Gasteiger partial charge in [0.25, 0.3) is 0 Å². The molecule has 2 fully saturated rings. The summed E-state index contributed by atoms with van der Waals surface area (Å²) in [6.07, 6.45) is 9.13. The summed E-state index contributed by atoms with van der Waals surface area (Å²) in [6, 6.07) is 7.24. The molecule has 7 unspecified atom stereocenters. The molecule has 0 aliphatic heterocycles. The largest absolute Gasteiger partial charge is 0.495 e. The molecule has 6 nitrogen and oxygen atoms in total. The van der Waals surface area contributed by atoms with Crippen molar-refractivity contribution in [2.75, 3.05) is 12.4 Å². The van der Waals surface area contributed by atoms with Crippen LogP contribution in [0.5, 0.6) is 5.75 Å². The summed E-state index contributed by atoms with van der Waals surface area (Å²) in [6.45, 7) is 3.91. The SMILES string of the molecule is COc1ccccc1NC(=O)OC1CC2(C)C(C(C)=O)CCC2C2C=CC3=CC(=O)CCC3C12. The van der Waals surface area contributed by atoms with Crippen molar-refractivity contribution in [3.8, 4) is 5.75 Å². The quantitative estimate of drug-likeness (QED) is 0.651. The molecule has 0 saturated heterocycles. The van der Waals surface area contributed by atoms with E-state index in [2.05, 4.69) is 24.4 Å². The number of ketones is 2. The number of ether oxygens (including phenoxy) is 2. The number of fused-ring (bicyclic) bond motifs is 5. The Morgan fingerprint density at radius 2 is 1.94 bits per heavy atom. The number of allylic oxidation sites excluding steroid dienone is 4. The summed E-state index contributed by atoms with van der Waals surface area (Å²) >= 11 is 0. The van der Waals surface area contributed by atoms with Gasteiger partial charge in [0, 0.05) is 18.3 Å². The van der Waals surface area contributed by atoms with E-state index in [-0.39, 0.29) is 46.8 Å². The molecule has 0 radical (unpaired) electrons. The molecule has 1 aromatic carbocycles. The molecule has 1 N–H and O–H groups in total. The number of carbonyl (C=O) groups is 3. The van der Waals surface area contributed by atoms with Crippen molar-refractivity contribution < 1.29 is 23.9 Å². The number of hydrogen-bond acceptors (Lipinski definition) is 5. The summed E-state index contributed by atoms with van der Waals surface area (Å²) in [7, 11) is 1.56. The van der Waals surface area contributed by atoms with Crippen LogP contribution in [-0.2, 0) is 14.3 Å². The van der Waals surface area contributed by atoms with Crippen LogP contribution < -0.4 is 10.1 Å². The smallest absolute Gasteiger partial charge is 0.412 e. The summed E-state index contributed by atoms with van der Waals surface area (Å²) < 4.78 is 11.5. The molecule has 180 valence electrons. The van der Waals surface area contributed by atoms with Gasteiger partial charge in [0.2, 0.25) is 0 Å². The molecule has 0 aromatic heterocycles. The Hall–Kier alpha value is -2.89. The van der Waals surface area contributed by atoms with Gasteiger partial charge >= 0.3 is 6.09 Å². The van der Waals surface area contributed by atoms with Crippen molar-refractivity contribution in [1.82, 2.24) is 0 Å². The van der Waals surface area contributed by atoms with Gasteiger partial charge in [-0.15, -0.1) is 0 Å². The molecule has 7 atom stereocenters. The second-order valence-electron chi connectivity index (χ2n) is 10.6. The first-order chi connectivity index (χ1) is 16.3. The Morgan fingerprint density at radius 3 is 2.71 bits per heavy atom. The molecule has 5 rings (SSSR count). The van der Waals surface area contributed by atoms with E-state index >= 15 is 0 Å². The standard InChI is InChI=1S/C28H33NO5/c1-16(30)21-12-13-22-20-10-8-17-14-18(31)9-11-19(17)26(20)25(15-28(21,22)2)34-27(32)29-23-6-4-5-7-24(23)33-3/h4-8,10,14,19-22,25-26H,9,11-13,15H2,1-3H3,(H,29,32). The highest BCUT2D eigenvalue weighted by molar-refractivity contribution is 5.92. The second kappa shape index (κ2) is 8.71. The highest BCUT2D eigenvalue weighted by Gasteiger charge is 2.60. The van der Waals surface area contributed by atoms with Gasteiger partial charge in [0.15, 0.2) is 5.78 Å². The summed E-state index contributed by atoms with van der Waals surface area (Å²) in [5.41, 5.74) is 1.40. The number of rotatable bonds is 4. The predicted molar refractivity (Wildman–Crippen MR) is 128 cm³/mol. The fraction of sp³-hybridized carbons (Fsp3) is 0.536. The first-order valence-electron chi connectivity index (χ1n) is 12.4. The van der Waals surface area contributed by atoms with E-state index in [0.29, 0.717) is 30.2 Å². The van der Waals surface area contributed by atoms with E-state index in [0.717, 1.165) is 24.8 Å². The van der Waals surface area contributed by atoms with Crippen LogP contribution in [0.4, 0.5) is 10.5 Å². The van der Waals surface area contributed by atoms with Crippen LogP contribution in [0.3, 0.4) is 0 Å².